The Labute approximate surface area is 133 Å². The molecule has 1 heterocycles. The summed E-state index contributed by atoms with van der Waals surface area (Å²) in [4.78, 5) is 13.3. The summed E-state index contributed by atoms with van der Waals surface area (Å²) < 4.78 is 5.77. The number of nitrogens with zero attached hydrogens (tertiary/aromatic N) is 1. The molecule has 0 spiro atoms. The number of ether oxygens (including phenoxy) is 1. The lowest BCUT2D eigenvalue weighted by atomic mass is 10.1. The smallest absolute Gasteiger partial charge is 0.216 e. The minimum atomic E-state index is 0. The number of carbonyl (C=O) groups excluding carboxylic acids is 1. The summed E-state index contributed by atoms with van der Waals surface area (Å²) in [6.45, 7) is 7.48. The first-order chi connectivity index (χ1) is 10.2. The molecule has 0 radical (unpaired) electrons. The van der Waals surface area contributed by atoms with Crippen LogP contribution in [-0.2, 0) is 4.79 Å². The zero-order valence-electron chi connectivity index (χ0n) is 13.8. The zero-order valence-corrected chi connectivity index (χ0v) is 13.8. The Morgan fingerprint density at radius 3 is 2.77 bits per heavy atom. The highest BCUT2D eigenvalue weighted by atomic mass is 16.5. The Kier molecular flexibility index (Phi) is 7.91. The maximum atomic E-state index is 10.8. The molecular weight excluding hydrogens is 278 g/mol. The molecule has 1 atom stereocenters. The summed E-state index contributed by atoms with van der Waals surface area (Å²) in [5, 5.41) is 2.77. The van der Waals surface area contributed by atoms with E-state index in [4.69, 9.17) is 4.74 Å². The maximum absolute atomic E-state index is 10.8. The van der Waals surface area contributed by atoms with E-state index < -0.39 is 0 Å². The molecule has 1 fully saturated rings. The van der Waals surface area contributed by atoms with Gasteiger partial charge in [-0.3, -0.25) is 9.69 Å². The SMILES string of the molecule is CC(=O)NCCCOc1cccc(C(C)N2CCCC2)c1.N. The van der Waals surface area contributed by atoms with Crippen LogP contribution < -0.4 is 16.2 Å². The number of benzene rings is 1. The zero-order chi connectivity index (χ0) is 15.1. The Bertz CT molecular complexity index is 459. The molecule has 1 aromatic carbocycles. The number of hydrogen-bond donors (Lipinski definition) is 2. The molecular formula is C17H29N3O2. The summed E-state index contributed by atoms with van der Waals surface area (Å²) in [5.74, 6) is 0.929. The Balaban J connectivity index is 0.00000242. The lowest BCUT2D eigenvalue weighted by Gasteiger charge is -2.24. The highest BCUT2D eigenvalue weighted by Gasteiger charge is 2.19. The fourth-order valence-electron chi connectivity index (χ4n) is 2.73. The summed E-state index contributed by atoms with van der Waals surface area (Å²) in [6.07, 6.45) is 3.44. The Hall–Kier alpha value is -1.59. The Morgan fingerprint density at radius 1 is 1.36 bits per heavy atom. The van der Waals surface area contributed by atoms with E-state index in [1.165, 1.54) is 38.4 Å². The second kappa shape index (κ2) is 9.43. The number of amides is 1. The molecule has 2 rings (SSSR count). The van der Waals surface area contributed by atoms with Gasteiger partial charge in [0.05, 0.1) is 6.61 Å². The van der Waals surface area contributed by atoms with Crippen LogP contribution in [0.25, 0.3) is 0 Å². The maximum Gasteiger partial charge on any atom is 0.216 e. The average molecular weight is 307 g/mol. The van der Waals surface area contributed by atoms with Crippen LogP contribution in [0.5, 0.6) is 5.75 Å². The van der Waals surface area contributed by atoms with E-state index >= 15 is 0 Å². The average Bonchev–Trinajstić information content (AvgIpc) is 3.00. The minimum absolute atomic E-state index is 0. The van der Waals surface area contributed by atoms with Gasteiger partial charge in [0.15, 0.2) is 0 Å². The standard InChI is InChI=1S/C17H26N2O2.H3N/c1-14(19-10-3-4-11-19)16-7-5-8-17(13-16)21-12-6-9-18-15(2)20;/h5,7-8,13-14H,3-4,6,9-12H2,1-2H3,(H,18,20);1H3. The molecule has 1 saturated heterocycles. The molecule has 22 heavy (non-hydrogen) atoms. The predicted octanol–water partition coefficient (Wildman–Crippen LogP) is 2.91. The van der Waals surface area contributed by atoms with E-state index in [2.05, 4.69) is 35.3 Å². The summed E-state index contributed by atoms with van der Waals surface area (Å²) >= 11 is 0. The van der Waals surface area contributed by atoms with E-state index in [9.17, 15) is 4.79 Å². The monoisotopic (exact) mass is 307 g/mol. The van der Waals surface area contributed by atoms with Gasteiger partial charge in [-0.05, 0) is 57.0 Å². The molecule has 4 N–H and O–H groups in total. The van der Waals surface area contributed by atoms with Gasteiger partial charge in [0.25, 0.3) is 0 Å². The van der Waals surface area contributed by atoms with Crippen LogP contribution in [0, 0.1) is 0 Å². The molecule has 0 bridgehead atoms. The summed E-state index contributed by atoms with van der Waals surface area (Å²) in [6, 6.07) is 8.83. The molecule has 1 aliphatic rings. The van der Waals surface area contributed by atoms with Gasteiger partial charge < -0.3 is 16.2 Å². The summed E-state index contributed by atoms with van der Waals surface area (Å²) in [5.41, 5.74) is 1.32. The second-order valence-corrected chi connectivity index (χ2v) is 5.68. The molecule has 1 aliphatic heterocycles. The predicted molar refractivity (Wildman–Crippen MR) is 89.5 cm³/mol. The van der Waals surface area contributed by atoms with Gasteiger partial charge in [-0.1, -0.05) is 12.1 Å². The van der Waals surface area contributed by atoms with Crippen molar-refractivity contribution in [3.63, 3.8) is 0 Å². The van der Waals surface area contributed by atoms with Crippen molar-refractivity contribution in [1.29, 1.82) is 0 Å². The van der Waals surface area contributed by atoms with Crippen molar-refractivity contribution >= 4 is 5.91 Å². The third-order valence-electron chi connectivity index (χ3n) is 3.99. The van der Waals surface area contributed by atoms with Gasteiger partial charge in [-0.25, -0.2) is 0 Å². The van der Waals surface area contributed by atoms with Crippen LogP contribution in [-0.4, -0.2) is 37.0 Å². The van der Waals surface area contributed by atoms with E-state index in [1.54, 1.807) is 0 Å². The number of likely N-dealkylation sites (tertiary alicyclic amines) is 1. The van der Waals surface area contributed by atoms with Crippen LogP contribution in [0.15, 0.2) is 24.3 Å². The number of hydrogen-bond acceptors (Lipinski definition) is 4. The van der Waals surface area contributed by atoms with Gasteiger partial charge in [-0.15, -0.1) is 0 Å². The van der Waals surface area contributed by atoms with Crippen molar-refractivity contribution in [2.24, 2.45) is 0 Å². The first-order valence-electron chi connectivity index (χ1n) is 7.88. The highest BCUT2D eigenvalue weighted by molar-refractivity contribution is 5.72. The number of rotatable bonds is 7. The van der Waals surface area contributed by atoms with Crippen molar-refractivity contribution < 1.29 is 9.53 Å². The first kappa shape index (κ1) is 18.5. The fourth-order valence-corrected chi connectivity index (χ4v) is 2.73. The van der Waals surface area contributed by atoms with Gasteiger partial charge in [0, 0.05) is 19.5 Å². The van der Waals surface area contributed by atoms with Gasteiger partial charge in [-0.2, -0.15) is 0 Å². The van der Waals surface area contributed by atoms with E-state index in [0.29, 0.717) is 19.2 Å². The van der Waals surface area contributed by atoms with Crippen molar-refractivity contribution in [2.75, 3.05) is 26.2 Å². The van der Waals surface area contributed by atoms with Crippen molar-refractivity contribution in [1.82, 2.24) is 16.4 Å². The fraction of sp³-hybridized carbons (Fsp3) is 0.588. The van der Waals surface area contributed by atoms with Crippen LogP contribution in [0.4, 0.5) is 0 Å². The molecule has 5 nitrogen and oxygen atoms in total. The van der Waals surface area contributed by atoms with Crippen LogP contribution in [0.1, 0.15) is 44.7 Å². The first-order valence-corrected chi connectivity index (χ1v) is 7.88. The van der Waals surface area contributed by atoms with E-state index in [-0.39, 0.29) is 12.1 Å². The normalized spacial score (nSPS) is 15.9. The third-order valence-corrected chi connectivity index (χ3v) is 3.99. The summed E-state index contributed by atoms with van der Waals surface area (Å²) in [7, 11) is 0. The quantitative estimate of drug-likeness (QED) is 0.759. The van der Waals surface area contributed by atoms with Crippen molar-refractivity contribution in [3.8, 4) is 5.75 Å². The number of carbonyl (C=O) groups is 1. The van der Waals surface area contributed by atoms with Gasteiger partial charge in [0.2, 0.25) is 5.91 Å². The molecule has 0 aliphatic carbocycles. The third kappa shape index (κ3) is 5.66. The molecule has 1 unspecified atom stereocenters. The van der Waals surface area contributed by atoms with Crippen LogP contribution in [0.2, 0.25) is 0 Å². The highest BCUT2D eigenvalue weighted by Crippen LogP contribution is 2.26. The van der Waals surface area contributed by atoms with Gasteiger partial charge in [0.1, 0.15) is 5.75 Å². The number of nitrogens with one attached hydrogen (secondary N) is 1. The molecule has 0 saturated carbocycles. The van der Waals surface area contributed by atoms with Crippen molar-refractivity contribution in [3.05, 3.63) is 29.8 Å². The van der Waals surface area contributed by atoms with Crippen molar-refractivity contribution in [2.45, 2.75) is 39.2 Å². The van der Waals surface area contributed by atoms with E-state index in [1.807, 2.05) is 6.07 Å². The van der Waals surface area contributed by atoms with Crippen LogP contribution >= 0.6 is 0 Å². The molecule has 1 aromatic rings. The van der Waals surface area contributed by atoms with Crippen LogP contribution in [0.3, 0.4) is 0 Å². The molecule has 124 valence electrons. The Morgan fingerprint density at radius 2 is 2.09 bits per heavy atom. The lowest BCUT2D eigenvalue weighted by molar-refractivity contribution is -0.118. The molecule has 5 heteroatoms. The van der Waals surface area contributed by atoms with E-state index in [0.717, 1.165) is 12.2 Å². The topological polar surface area (TPSA) is 76.6 Å². The molecule has 1 amide bonds. The minimum Gasteiger partial charge on any atom is -0.494 e. The second-order valence-electron chi connectivity index (χ2n) is 5.68. The largest absolute Gasteiger partial charge is 0.494 e. The molecule has 0 aromatic heterocycles. The lowest BCUT2D eigenvalue weighted by Crippen LogP contribution is -2.23. The van der Waals surface area contributed by atoms with Gasteiger partial charge >= 0.3 is 0 Å².